The number of carbonyl (C=O) groups excluding carboxylic acids is 1. The lowest BCUT2D eigenvalue weighted by atomic mass is 10.0. The second-order valence-corrected chi connectivity index (χ2v) is 6.69. The molecule has 4 heteroatoms. The Hall–Kier alpha value is -1.40. The van der Waals surface area contributed by atoms with Gasteiger partial charge in [0.25, 0.3) is 0 Å². The average molecular weight is 406 g/mol. The first-order chi connectivity index (χ1) is 10.8. The highest BCUT2D eigenvalue weighted by molar-refractivity contribution is 14.1. The molecule has 0 radical (unpaired) electrons. The van der Waals surface area contributed by atoms with Crippen molar-refractivity contribution in [1.29, 1.82) is 0 Å². The van der Waals surface area contributed by atoms with E-state index in [1.807, 2.05) is 54.6 Å². The number of amides is 1. The maximum absolute atomic E-state index is 12.9. The number of rotatable bonds is 4. The predicted octanol–water partition coefficient (Wildman–Crippen LogP) is 4.07. The number of nitrogens with zero attached hydrogens (tertiary/aromatic N) is 1. The number of para-hydroxylation sites is 1. The molecule has 114 valence electrons. The molecule has 1 amide bonds. The summed E-state index contributed by atoms with van der Waals surface area (Å²) in [4.78, 5) is 15.2. The minimum absolute atomic E-state index is 0.0530. The molecule has 1 fully saturated rings. The molecule has 0 aromatic heterocycles. The Balaban J connectivity index is 1.85. The van der Waals surface area contributed by atoms with Gasteiger partial charge < -0.3 is 5.32 Å². The van der Waals surface area contributed by atoms with E-state index < -0.39 is 0 Å². The highest BCUT2D eigenvalue weighted by atomic mass is 127. The number of nitrogens with one attached hydrogen (secondary N) is 1. The van der Waals surface area contributed by atoms with Crippen LogP contribution in [0.25, 0.3) is 0 Å². The first-order valence-electron chi connectivity index (χ1n) is 7.60. The number of hydrogen-bond donors (Lipinski definition) is 1. The molecule has 0 aliphatic carbocycles. The SMILES string of the molecule is O=C(Nc1ccccc1I)C(c1ccccc1)N1CCCC1. The van der Waals surface area contributed by atoms with E-state index in [0.29, 0.717) is 0 Å². The Morgan fingerprint density at radius 1 is 1.00 bits per heavy atom. The molecule has 0 saturated carbocycles. The van der Waals surface area contributed by atoms with Crippen LogP contribution >= 0.6 is 22.6 Å². The van der Waals surface area contributed by atoms with Gasteiger partial charge in [0, 0.05) is 3.57 Å². The summed E-state index contributed by atoms with van der Waals surface area (Å²) in [7, 11) is 0. The van der Waals surface area contributed by atoms with Crippen molar-refractivity contribution in [2.24, 2.45) is 0 Å². The topological polar surface area (TPSA) is 32.3 Å². The molecule has 0 bridgehead atoms. The number of benzene rings is 2. The van der Waals surface area contributed by atoms with Crippen LogP contribution in [0.15, 0.2) is 54.6 Å². The van der Waals surface area contributed by atoms with Gasteiger partial charge in [-0.3, -0.25) is 9.69 Å². The van der Waals surface area contributed by atoms with Gasteiger partial charge >= 0.3 is 0 Å². The average Bonchev–Trinajstić information content (AvgIpc) is 3.05. The highest BCUT2D eigenvalue weighted by Crippen LogP contribution is 2.27. The van der Waals surface area contributed by atoms with Crippen molar-refractivity contribution in [3.8, 4) is 0 Å². The summed E-state index contributed by atoms with van der Waals surface area (Å²) < 4.78 is 1.06. The van der Waals surface area contributed by atoms with Crippen LogP contribution in [0, 0.1) is 3.57 Å². The minimum Gasteiger partial charge on any atom is -0.323 e. The maximum Gasteiger partial charge on any atom is 0.246 e. The van der Waals surface area contributed by atoms with Gasteiger partial charge in [0.15, 0.2) is 0 Å². The fourth-order valence-electron chi connectivity index (χ4n) is 2.93. The van der Waals surface area contributed by atoms with E-state index in [0.717, 1.165) is 27.9 Å². The molecule has 2 aromatic rings. The van der Waals surface area contributed by atoms with E-state index in [1.165, 1.54) is 12.8 Å². The van der Waals surface area contributed by atoms with Gasteiger partial charge in [-0.2, -0.15) is 0 Å². The summed E-state index contributed by atoms with van der Waals surface area (Å²) in [5, 5.41) is 3.10. The monoisotopic (exact) mass is 406 g/mol. The van der Waals surface area contributed by atoms with Crippen LogP contribution in [0.1, 0.15) is 24.4 Å². The number of likely N-dealkylation sites (tertiary alicyclic amines) is 1. The summed E-state index contributed by atoms with van der Waals surface area (Å²) in [6.07, 6.45) is 2.33. The van der Waals surface area contributed by atoms with Crippen LogP contribution < -0.4 is 5.32 Å². The van der Waals surface area contributed by atoms with Gasteiger partial charge in [0.1, 0.15) is 6.04 Å². The van der Waals surface area contributed by atoms with E-state index in [1.54, 1.807) is 0 Å². The molecule has 3 nitrogen and oxygen atoms in total. The molecule has 1 saturated heterocycles. The molecular weight excluding hydrogens is 387 g/mol. The summed E-state index contributed by atoms with van der Waals surface area (Å²) in [6.45, 7) is 1.97. The van der Waals surface area contributed by atoms with Crippen molar-refractivity contribution < 1.29 is 4.79 Å². The van der Waals surface area contributed by atoms with Crippen LogP contribution in [0.3, 0.4) is 0 Å². The van der Waals surface area contributed by atoms with Gasteiger partial charge in [-0.25, -0.2) is 0 Å². The third kappa shape index (κ3) is 3.50. The fourth-order valence-corrected chi connectivity index (χ4v) is 3.45. The van der Waals surface area contributed by atoms with E-state index in [4.69, 9.17) is 0 Å². The zero-order valence-electron chi connectivity index (χ0n) is 12.3. The molecule has 1 aliphatic rings. The molecule has 1 aliphatic heterocycles. The van der Waals surface area contributed by atoms with E-state index >= 15 is 0 Å². The van der Waals surface area contributed by atoms with Gasteiger partial charge in [-0.1, -0.05) is 42.5 Å². The zero-order chi connectivity index (χ0) is 15.4. The highest BCUT2D eigenvalue weighted by Gasteiger charge is 2.29. The Morgan fingerprint density at radius 2 is 1.64 bits per heavy atom. The summed E-state index contributed by atoms with van der Waals surface area (Å²) in [5.74, 6) is 0.0530. The number of hydrogen-bond acceptors (Lipinski definition) is 2. The Morgan fingerprint density at radius 3 is 2.32 bits per heavy atom. The number of carbonyl (C=O) groups is 1. The molecule has 1 unspecified atom stereocenters. The lowest BCUT2D eigenvalue weighted by Gasteiger charge is -2.27. The largest absolute Gasteiger partial charge is 0.323 e. The van der Waals surface area contributed by atoms with Crippen molar-refractivity contribution in [3.05, 3.63) is 63.7 Å². The number of halogens is 1. The smallest absolute Gasteiger partial charge is 0.246 e. The molecule has 0 spiro atoms. The van der Waals surface area contributed by atoms with Gasteiger partial charge in [-0.15, -0.1) is 0 Å². The zero-order valence-corrected chi connectivity index (χ0v) is 14.5. The maximum atomic E-state index is 12.9. The van der Waals surface area contributed by atoms with Gasteiger partial charge in [0.05, 0.1) is 5.69 Å². The van der Waals surface area contributed by atoms with E-state index in [2.05, 4.69) is 32.8 Å². The Kier molecular flexibility index (Phi) is 5.10. The van der Waals surface area contributed by atoms with Crippen molar-refractivity contribution in [1.82, 2.24) is 4.90 Å². The normalized spacial score (nSPS) is 16.4. The Bertz CT molecular complexity index is 639. The molecule has 22 heavy (non-hydrogen) atoms. The summed E-state index contributed by atoms with van der Waals surface area (Å²) >= 11 is 2.25. The van der Waals surface area contributed by atoms with E-state index in [-0.39, 0.29) is 11.9 Å². The number of anilines is 1. The Labute approximate surface area is 144 Å². The lowest BCUT2D eigenvalue weighted by Crippen LogP contribution is -2.35. The molecule has 2 aromatic carbocycles. The lowest BCUT2D eigenvalue weighted by molar-refractivity contribution is -0.121. The van der Waals surface area contributed by atoms with Crippen molar-refractivity contribution in [2.45, 2.75) is 18.9 Å². The third-order valence-corrected chi connectivity index (χ3v) is 4.94. The van der Waals surface area contributed by atoms with Crippen LogP contribution in [0.5, 0.6) is 0 Å². The van der Waals surface area contributed by atoms with Gasteiger partial charge in [-0.05, 0) is 66.2 Å². The summed E-state index contributed by atoms with van der Waals surface area (Å²) in [6, 6.07) is 17.7. The standard InChI is InChI=1S/C18H19IN2O/c19-15-10-4-5-11-16(15)20-18(22)17(21-12-6-7-13-21)14-8-2-1-3-9-14/h1-5,8-11,17H,6-7,12-13H2,(H,20,22). The van der Waals surface area contributed by atoms with Crippen LogP contribution in [0.4, 0.5) is 5.69 Å². The van der Waals surface area contributed by atoms with Crippen molar-refractivity contribution >= 4 is 34.2 Å². The first kappa shape index (κ1) is 15.5. The second-order valence-electron chi connectivity index (χ2n) is 5.53. The quantitative estimate of drug-likeness (QED) is 0.777. The van der Waals surface area contributed by atoms with Crippen molar-refractivity contribution in [3.63, 3.8) is 0 Å². The predicted molar refractivity (Wildman–Crippen MR) is 97.8 cm³/mol. The van der Waals surface area contributed by atoms with E-state index in [9.17, 15) is 4.79 Å². The molecule has 3 rings (SSSR count). The fraction of sp³-hybridized carbons (Fsp3) is 0.278. The van der Waals surface area contributed by atoms with Crippen LogP contribution in [0.2, 0.25) is 0 Å². The molecule has 1 atom stereocenters. The van der Waals surface area contributed by atoms with Crippen LogP contribution in [-0.4, -0.2) is 23.9 Å². The van der Waals surface area contributed by atoms with Crippen LogP contribution in [-0.2, 0) is 4.79 Å². The summed E-state index contributed by atoms with van der Waals surface area (Å²) in [5.41, 5.74) is 1.95. The minimum atomic E-state index is -0.209. The van der Waals surface area contributed by atoms with Gasteiger partial charge in [0.2, 0.25) is 5.91 Å². The first-order valence-corrected chi connectivity index (χ1v) is 8.68. The molecule has 1 heterocycles. The molecule has 1 N–H and O–H groups in total. The molecular formula is C18H19IN2O. The third-order valence-electron chi connectivity index (χ3n) is 4.00. The van der Waals surface area contributed by atoms with Crippen molar-refractivity contribution in [2.75, 3.05) is 18.4 Å². The second kappa shape index (κ2) is 7.24.